The van der Waals surface area contributed by atoms with E-state index >= 15 is 0 Å². The van der Waals surface area contributed by atoms with Gasteiger partial charge in [0.25, 0.3) is 0 Å². The van der Waals surface area contributed by atoms with Crippen molar-refractivity contribution in [1.82, 2.24) is 10.2 Å². The molecule has 0 aromatic heterocycles. The maximum atomic E-state index is 13.0. The molecule has 2 nitrogen and oxygen atoms in total. The molecule has 1 aromatic carbocycles. The van der Waals surface area contributed by atoms with Crippen molar-refractivity contribution in [2.45, 2.75) is 25.8 Å². The predicted molar refractivity (Wildman–Crippen MR) is 80.3 cm³/mol. The normalized spacial score (nSPS) is 21.1. The summed E-state index contributed by atoms with van der Waals surface area (Å²) in [6.07, 6.45) is 2.34. The number of benzene rings is 1. The third kappa shape index (κ3) is 4.16. The van der Waals surface area contributed by atoms with Crippen molar-refractivity contribution < 1.29 is 4.39 Å². The zero-order valence-electron chi connectivity index (χ0n) is 11.7. The summed E-state index contributed by atoms with van der Waals surface area (Å²) in [6.45, 7) is 5.61. The van der Waals surface area contributed by atoms with Gasteiger partial charge in [-0.2, -0.15) is 0 Å². The second kappa shape index (κ2) is 7.83. The standard InChI is InChI=1S/C15H23FN2.ClH/c1-3-15(13-4-6-14(16)7-5-13)18-9-8-12(11-18)10-17-2;/h4-7,12,15,17H,3,8-11H2,1-2H3;1H. The number of rotatable bonds is 5. The monoisotopic (exact) mass is 286 g/mol. The van der Waals surface area contributed by atoms with E-state index in [-0.39, 0.29) is 18.2 Å². The van der Waals surface area contributed by atoms with Crippen LogP contribution in [0.5, 0.6) is 0 Å². The summed E-state index contributed by atoms with van der Waals surface area (Å²) >= 11 is 0. The van der Waals surface area contributed by atoms with Crippen LogP contribution in [0.2, 0.25) is 0 Å². The van der Waals surface area contributed by atoms with Crippen LogP contribution < -0.4 is 5.32 Å². The van der Waals surface area contributed by atoms with E-state index < -0.39 is 0 Å². The third-order valence-corrected chi connectivity index (χ3v) is 3.89. The molecule has 2 rings (SSSR count). The summed E-state index contributed by atoms with van der Waals surface area (Å²) < 4.78 is 13.0. The molecule has 0 radical (unpaired) electrons. The molecule has 0 amide bonds. The minimum Gasteiger partial charge on any atom is -0.319 e. The van der Waals surface area contributed by atoms with E-state index in [1.54, 1.807) is 12.1 Å². The topological polar surface area (TPSA) is 15.3 Å². The molecule has 0 saturated carbocycles. The highest BCUT2D eigenvalue weighted by molar-refractivity contribution is 5.85. The first-order valence-corrected chi connectivity index (χ1v) is 6.88. The van der Waals surface area contributed by atoms with Gasteiger partial charge in [-0.25, -0.2) is 4.39 Å². The average molecular weight is 287 g/mol. The lowest BCUT2D eigenvalue weighted by Crippen LogP contribution is -2.28. The molecule has 1 N–H and O–H groups in total. The fraction of sp³-hybridized carbons (Fsp3) is 0.600. The van der Waals surface area contributed by atoms with Gasteiger partial charge in [-0.05, 0) is 56.6 Å². The molecule has 108 valence electrons. The first kappa shape index (κ1) is 16.4. The van der Waals surface area contributed by atoms with Gasteiger partial charge >= 0.3 is 0 Å². The Hall–Kier alpha value is -0.640. The third-order valence-electron chi connectivity index (χ3n) is 3.89. The smallest absolute Gasteiger partial charge is 0.123 e. The fourth-order valence-electron chi connectivity index (χ4n) is 2.99. The zero-order valence-corrected chi connectivity index (χ0v) is 12.5. The van der Waals surface area contributed by atoms with Gasteiger partial charge in [0, 0.05) is 12.6 Å². The van der Waals surface area contributed by atoms with Gasteiger partial charge in [-0.15, -0.1) is 12.4 Å². The van der Waals surface area contributed by atoms with Crippen molar-refractivity contribution in [3.63, 3.8) is 0 Å². The summed E-state index contributed by atoms with van der Waals surface area (Å²) in [5, 5.41) is 3.26. The number of nitrogens with one attached hydrogen (secondary N) is 1. The van der Waals surface area contributed by atoms with Gasteiger partial charge in [-0.1, -0.05) is 19.1 Å². The molecule has 1 aliphatic heterocycles. The van der Waals surface area contributed by atoms with E-state index in [4.69, 9.17) is 0 Å². The van der Waals surface area contributed by atoms with Crippen molar-refractivity contribution in [3.05, 3.63) is 35.6 Å². The van der Waals surface area contributed by atoms with E-state index in [0.717, 1.165) is 32.0 Å². The van der Waals surface area contributed by atoms with Crippen molar-refractivity contribution >= 4 is 12.4 Å². The number of halogens is 2. The maximum Gasteiger partial charge on any atom is 0.123 e. The molecule has 0 aliphatic carbocycles. The molecule has 1 aromatic rings. The number of hydrogen-bond donors (Lipinski definition) is 1. The molecule has 1 saturated heterocycles. The molecule has 1 heterocycles. The second-order valence-corrected chi connectivity index (χ2v) is 5.18. The van der Waals surface area contributed by atoms with Gasteiger partial charge in [0.2, 0.25) is 0 Å². The maximum absolute atomic E-state index is 13.0. The quantitative estimate of drug-likeness (QED) is 0.894. The first-order valence-electron chi connectivity index (χ1n) is 6.88. The van der Waals surface area contributed by atoms with Gasteiger partial charge in [-0.3, -0.25) is 4.90 Å². The Kier molecular flexibility index (Phi) is 6.76. The van der Waals surface area contributed by atoms with Crippen LogP contribution in [0.15, 0.2) is 24.3 Å². The Balaban J connectivity index is 0.00000180. The minimum absolute atomic E-state index is 0. The molecule has 0 bridgehead atoms. The van der Waals surface area contributed by atoms with Crippen LogP contribution in [0.1, 0.15) is 31.4 Å². The molecular formula is C15H24ClFN2. The first-order chi connectivity index (χ1) is 8.74. The van der Waals surface area contributed by atoms with Crippen molar-refractivity contribution in [2.75, 3.05) is 26.7 Å². The SMILES string of the molecule is CCC(c1ccc(F)cc1)N1CCC(CNC)C1.Cl. The highest BCUT2D eigenvalue weighted by atomic mass is 35.5. The summed E-state index contributed by atoms with van der Waals surface area (Å²) in [4.78, 5) is 2.54. The molecule has 4 heteroatoms. The lowest BCUT2D eigenvalue weighted by molar-refractivity contribution is 0.230. The molecule has 0 spiro atoms. The van der Waals surface area contributed by atoms with Crippen molar-refractivity contribution in [3.8, 4) is 0 Å². The van der Waals surface area contributed by atoms with Crippen LogP contribution >= 0.6 is 12.4 Å². The molecule has 2 atom stereocenters. The van der Waals surface area contributed by atoms with E-state index in [2.05, 4.69) is 17.1 Å². The van der Waals surface area contributed by atoms with E-state index in [1.165, 1.54) is 12.0 Å². The summed E-state index contributed by atoms with van der Waals surface area (Å²) in [5.74, 6) is 0.604. The predicted octanol–water partition coefficient (Wildman–Crippen LogP) is 3.24. The van der Waals surface area contributed by atoms with E-state index in [9.17, 15) is 4.39 Å². The van der Waals surface area contributed by atoms with Gasteiger partial charge < -0.3 is 5.32 Å². The minimum atomic E-state index is -0.150. The molecule has 1 aliphatic rings. The summed E-state index contributed by atoms with van der Waals surface area (Å²) in [7, 11) is 2.01. The van der Waals surface area contributed by atoms with Crippen LogP contribution in [0.3, 0.4) is 0 Å². The second-order valence-electron chi connectivity index (χ2n) is 5.18. The fourth-order valence-corrected chi connectivity index (χ4v) is 2.99. The average Bonchev–Trinajstić information content (AvgIpc) is 2.82. The Morgan fingerprint density at radius 2 is 2.05 bits per heavy atom. The number of nitrogens with zero attached hydrogens (tertiary/aromatic N) is 1. The van der Waals surface area contributed by atoms with Gasteiger partial charge in [0.05, 0.1) is 0 Å². The van der Waals surface area contributed by atoms with Crippen LogP contribution in [0, 0.1) is 11.7 Å². The van der Waals surface area contributed by atoms with Crippen molar-refractivity contribution in [1.29, 1.82) is 0 Å². The van der Waals surface area contributed by atoms with Crippen molar-refractivity contribution in [2.24, 2.45) is 5.92 Å². The summed E-state index contributed by atoms with van der Waals surface area (Å²) in [6, 6.07) is 7.43. The van der Waals surface area contributed by atoms with Crippen LogP contribution in [0.4, 0.5) is 4.39 Å². The highest BCUT2D eigenvalue weighted by Gasteiger charge is 2.27. The Labute approximate surface area is 121 Å². The summed E-state index contributed by atoms with van der Waals surface area (Å²) in [5.41, 5.74) is 1.24. The Morgan fingerprint density at radius 1 is 1.37 bits per heavy atom. The van der Waals surface area contributed by atoms with Crippen LogP contribution in [-0.4, -0.2) is 31.6 Å². The highest BCUT2D eigenvalue weighted by Crippen LogP contribution is 2.29. The van der Waals surface area contributed by atoms with Crippen LogP contribution in [0.25, 0.3) is 0 Å². The largest absolute Gasteiger partial charge is 0.319 e. The van der Waals surface area contributed by atoms with Crippen LogP contribution in [-0.2, 0) is 0 Å². The Morgan fingerprint density at radius 3 is 2.63 bits per heavy atom. The Bertz CT molecular complexity index is 369. The molecule has 19 heavy (non-hydrogen) atoms. The van der Waals surface area contributed by atoms with Gasteiger partial charge in [0.15, 0.2) is 0 Å². The molecular weight excluding hydrogens is 263 g/mol. The lowest BCUT2D eigenvalue weighted by atomic mass is 10.0. The van der Waals surface area contributed by atoms with Gasteiger partial charge in [0.1, 0.15) is 5.82 Å². The van der Waals surface area contributed by atoms with E-state index in [1.807, 2.05) is 19.2 Å². The number of likely N-dealkylation sites (tertiary alicyclic amines) is 1. The lowest BCUT2D eigenvalue weighted by Gasteiger charge is -2.27. The molecule has 1 fully saturated rings. The molecule has 2 unspecified atom stereocenters. The van der Waals surface area contributed by atoms with E-state index in [0.29, 0.717) is 6.04 Å². The zero-order chi connectivity index (χ0) is 13.0. The number of hydrogen-bond acceptors (Lipinski definition) is 2.